The molecule has 2 aromatic rings. The van der Waals surface area contributed by atoms with E-state index in [1.54, 1.807) is 12.3 Å². The van der Waals surface area contributed by atoms with Crippen molar-refractivity contribution in [3.63, 3.8) is 0 Å². The Labute approximate surface area is 205 Å². The van der Waals surface area contributed by atoms with Crippen molar-refractivity contribution >= 4 is 23.6 Å². The van der Waals surface area contributed by atoms with Gasteiger partial charge in [0.25, 0.3) is 5.91 Å². The SMILES string of the molecule is CONC=Cc1cccc(NC(=O)c2cc(OCCN3CCOCC3)nc(N3CCOCC3)n2)c1. The maximum Gasteiger partial charge on any atom is 0.274 e. The van der Waals surface area contributed by atoms with Crippen LogP contribution in [0.3, 0.4) is 0 Å². The van der Waals surface area contributed by atoms with Gasteiger partial charge in [-0.15, -0.1) is 0 Å². The zero-order chi connectivity index (χ0) is 24.3. The van der Waals surface area contributed by atoms with Crippen molar-refractivity contribution in [3.05, 3.63) is 47.8 Å². The summed E-state index contributed by atoms with van der Waals surface area (Å²) in [5.41, 5.74) is 4.43. The number of benzene rings is 1. The molecule has 4 rings (SSSR count). The van der Waals surface area contributed by atoms with Gasteiger partial charge in [-0.2, -0.15) is 4.98 Å². The summed E-state index contributed by atoms with van der Waals surface area (Å²) in [6.45, 7) is 6.95. The first kappa shape index (κ1) is 24.9. The Balaban J connectivity index is 1.47. The molecule has 35 heavy (non-hydrogen) atoms. The Bertz CT molecular complexity index is 992. The van der Waals surface area contributed by atoms with E-state index in [1.807, 2.05) is 35.2 Å². The number of hydrogen-bond acceptors (Lipinski definition) is 10. The lowest BCUT2D eigenvalue weighted by atomic mass is 10.2. The van der Waals surface area contributed by atoms with Crippen molar-refractivity contribution in [2.75, 3.05) is 83.1 Å². The standard InChI is InChI=1S/C24H32N6O5/c1-32-25-6-5-19-3-2-4-20(17-19)26-23(31)21-18-22(35-16-9-29-7-12-33-13-8-29)28-24(27-21)30-10-14-34-15-11-30/h2-6,17-18,25H,7-16H2,1H3,(H,26,31). The van der Waals surface area contributed by atoms with Crippen molar-refractivity contribution in [1.82, 2.24) is 20.3 Å². The Hall–Kier alpha value is -3.25. The number of nitrogens with one attached hydrogen (secondary N) is 2. The van der Waals surface area contributed by atoms with Crippen molar-refractivity contribution in [2.24, 2.45) is 0 Å². The maximum atomic E-state index is 13.1. The van der Waals surface area contributed by atoms with Crippen LogP contribution in [0.5, 0.6) is 5.88 Å². The first-order chi connectivity index (χ1) is 17.2. The molecule has 2 N–H and O–H groups in total. The van der Waals surface area contributed by atoms with Crippen molar-refractivity contribution < 1.29 is 23.8 Å². The maximum absolute atomic E-state index is 13.1. The second-order valence-corrected chi connectivity index (χ2v) is 8.03. The van der Waals surface area contributed by atoms with E-state index < -0.39 is 0 Å². The van der Waals surface area contributed by atoms with Crippen LogP contribution in [0.1, 0.15) is 16.1 Å². The Morgan fingerprint density at radius 3 is 2.63 bits per heavy atom. The van der Waals surface area contributed by atoms with E-state index in [0.717, 1.165) is 38.4 Å². The molecule has 0 aliphatic carbocycles. The molecule has 0 bridgehead atoms. The summed E-state index contributed by atoms with van der Waals surface area (Å²) in [5, 5.41) is 2.92. The van der Waals surface area contributed by atoms with Gasteiger partial charge in [0.05, 0.1) is 33.5 Å². The van der Waals surface area contributed by atoms with Gasteiger partial charge in [-0.25, -0.2) is 4.98 Å². The number of carbonyl (C=O) groups is 1. The van der Waals surface area contributed by atoms with Crippen molar-refractivity contribution in [3.8, 4) is 5.88 Å². The molecule has 0 unspecified atom stereocenters. The molecule has 0 spiro atoms. The van der Waals surface area contributed by atoms with Gasteiger partial charge in [-0.05, 0) is 23.8 Å². The van der Waals surface area contributed by atoms with Gasteiger partial charge in [-0.1, -0.05) is 12.1 Å². The first-order valence-electron chi connectivity index (χ1n) is 11.7. The van der Waals surface area contributed by atoms with Crippen LogP contribution >= 0.6 is 0 Å². The number of hydroxylamine groups is 1. The average Bonchev–Trinajstić information content (AvgIpc) is 2.90. The van der Waals surface area contributed by atoms with Crippen LogP contribution in [0.25, 0.3) is 6.08 Å². The third kappa shape index (κ3) is 7.62. The minimum Gasteiger partial charge on any atom is -0.476 e. The molecule has 3 heterocycles. The molecule has 188 valence electrons. The minimum absolute atomic E-state index is 0.241. The van der Waals surface area contributed by atoms with Gasteiger partial charge in [0.2, 0.25) is 11.8 Å². The number of anilines is 2. The Morgan fingerprint density at radius 1 is 1.09 bits per heavy atom. The van der Waals surface area contributed by atoms with Crippen LogP contribution in [-0.4, -0.2) is 93.6 Å². The smallest absolute Gasteiger partial charge is 0.274 e. The fourth-order valence-electron chi connectivity index (χ4n) is 3.73. The molecular formula is C24H32N6O5. The molecule has 0 atom stereocenters. The summed E-state index contributed by atoms with van der Waals surface area (Å²) in [4.78, 5) is 31.3. The Kier molecular flexibility index (Phi) is 9.24. The number of ether oxygens (including phenoxy) is 3. The quantitative estimate of drug-likeness (QED) is 0.480. The van der Waals surface area contributed by atoms with Crippen LogP contribution < -0.4 is 20.4 Å². The lowest BCUT2D eigenvalue weighted by Crippen LogP contribution is -2.39. The minimum atomic E-state index is -0.337. The summed E-state index contributed by atoms with van der Waals surface area (Å²) >= 11 is 0. The van der Waals surface area contributed by atoms with E-state index in [2.05, 4.69) is 25.7 Å². The summed E-state index contributed by atoms with van der Waals surface area (Å²) in [6, 6.07) is 9.05. The highest BCUT2D eigenvalue weighted by molar-refractivity contribution is 6.03. The summed E-state index contributed by atoms with van der Waals surface area (Å²) in [6.07, 6.45) is 3.50. The van der Waals surface area contributed by atoms with Gasteiger partial charge in [0.1, 0.15) is 12.3 Å². The molecule has 11 heteroatoms. The molecule has 0 saturated carbocycles. The predicted octanol–water partition coefficient (Wildman–Crippen LogP) is 1.40. The molecule has 1 aromatic carbocycles. The van der Waals surface area contributed by atoms with Crippen molar-refractivity contribution in [1.29, 1.82) is 0 Å². The van der Waals surface area contributed by atoms with Crippen LogP contribution in [0.4, 0.5) is 11.6 Å². The molecule has 2 aliphatic heterocycles. The first-order valence-corrected chi connectivity index (χ1v) is 11.7. The molecule has 0 radical (unpaired) electrons. The van der Waals surface area contributed by atoms with Gasteiger partial charge < -0.3 is 24.4 Å². The fourth-order valence-corrected chi connectivity index (χ4v) is 3.73. The number of carbonyl (C=O) groups excluding carboxylic acids is 1. The van der Waals surface area contributed by atoms with E-state index >= 15 is 0 Å². The molecule has 2 saturated heterocycles. The van der Waals surface area contributed by atoms with Crippen LogP contribution in [0, 0.1) is 0 Å². The zero-order valence-electron chi connectivity index (χ0n) is 19.9. The highest BCUT2D eigenvalue weighted by Crippen LogP contribution is 2.19. The lowest BCUT2D eigenvalue weighted by molar-refractivity contribution is 0.0320. The predicted molar refractivity (Wildman–Crippen MR) is 131 cm³/mol. The summed E-state index contributed by atoms with van der Waals surface area (Å²) < 4.78 is 16.8. The largest absolute Gasteiger partial charge is 0.476 e. The fraction of sp³-hybridized carbons (Fsp3) is 0.458. The molecule has 2 aliphatic rings. The van der Waals surface area contributed by atoms with E-state index in [-0.39, 0.29) is 11.6 Å². The average molecular weight is 485 g/mol. The van der Waals surface area contributed by atoms with E-state index in [9.17, 15) is 4.79 Å². The summed E-state index contributed by atoms with van der Waals surface area (Å²) in [5.74, 6) is 0.503. The summed E-state index contributed by atoms with van der Waals surface area (Å²) in [7, 11) is 1.54. The topological polar surface area (TPSA) is 110 Å². The number of hydrogen-bond donors (Lipinski definition) is 2. The van der Waals surface area contributed by atoms with Crippen molar-refractivity contribution in [2.45, 2.75) is 0 Å². The van der Waals surface area contributed by atoms with Crippen LogP contribution in [0.2, 0.25) is 0 Å². The van der Waals surface area contributed by atoms with Gasteiger partial charge in [0, 0.05) is 50.7 Å². The van der Waals surface area contributed by atoms with Gasteiger partial charge >= 0.3 is 0 Å². The van der Waals surface area contributed by atoms with E-state index in [4.69, 9.17) is 19.0 Å². The number of nitrogens with zero attached hydrogens (tertiary/aromatic N) is 4. The third-order valence-electron chi connectivity index (χ3n) is 5.58. The molecule has 1 amide bonds. The number of amides is 1. The second-order valence-electron chi connectivity index (χ2n) is 8.03. The lowest BCUT2D eigenvalue weighted by Gasteiger charge is -2.27. The number of aromatic nitrogens is 2. The normalized spacial score (nSPS) is 16.9. The molecule has 1 aromatic heterocycles. The zero-order valence-corrected chi connectivity index (χ0v) is 19.9. The van der Waals surface area contributed by atoms with Gasteiger partial charge in [0.15, 0.2) is 0 Å². The third-order valence-corrected chi connectivity index (χ3v) is 5.58. The van der Waals surface area contributed by atoms with Gasteiger partial charge in [-0.3, -0.25) is 20.0 Å². The van der Waals surface area contributed by atoms with E-state index in [0.29, 0.717) is 50.4 Å². The second kappa shape index (κ2) is 13.0. The monoisotopic (exact) mass is 484 g/mol. The molecule has 2 fully saturated rings. The molecular weight excluding hydrogens is 452 g/mol. The molecule has 11 nitrogen and oxygen atoms in total. The highest BCUT2D eigenvalue weighted by atomic mass is 16.6. The van der Waals surface area contributed by atoms with Crippen LogP contribution in [-0.2, 0) is 14.3 Å². The number of morpholine rings is 2. The Morgan fingerprint density at radius 2 is 1.86 bits per heavy atom. The number of rotatable bonds is 10. The van der Waals surface area contributed by atoms with E-state index in [1.165, 1.54) is 7.11 Å². The van der Waals surface area contributed by atoms with Crippen LogP contribution in [0.15, 0.2) is 36.5 Å². The highest BCUT2D eigenvalue weighted by Gasteiger charge is 2.19.